The summed E-state index contributed by atoms with van der Waals surface area (Å²) >= 11 is 9.38. The van der Waals surface area contributed by atoms with Gasteiger partial charge in [-0.3, -0.25) is 0 Å². The van der Waals surface area contributed by atoms with Crippen molar-refractivity contribution in [3.05, 3.63) is 23.8 Å². The Kier molecular flexibility index (Phi) is 3.16. The van der Waals surface area contributed by atoms with E-state index in [1.54, 1.807) is 7.11 Å². The van der Waals surface area contributed by atoms with Gasteiger partial charge in [-0.15, -0.1) is 0 Å². The van der Waals surface area contributed by atoms with Gasteiger partial charge in [-0.25, -0.2) is 0 Å². The van der Waals surface area contributed by atoms with Crippen molar-refractivity contribution in [2.75, 3.05) is 12.4 Å². The molecule has 1 aliphatic rings. The smallest absolute Gasteiger partial charge is 0.163 e. The zero-order chi connectivity index (χ0) is 8.32. The number of alkyl halides is 2. The summed E-state index contributed by atoms with van der Waals surface area (Å²) in [5.74, 6) is 0. The van der Waals surface area contributed by atoms with E-state index >= 15 is 0 Å². The lowest BCUT2D eigenvalue weighted by Gasteiger charge is -2.23. The maximum Gasteiger partial charge on any atom is 0.163 e. The van der Waals surface area contributed by atoms with Gasteiger partial charge >= 0.3 is 0 Å². The van der Waals surface area contributed by atoms with Crippen LogP contribution in [0.4, 0.5) is 0 Å². The topological polar surface area (TPSA) is 9.23 Å². The van der Waals surface area contributed by atoms with Crippen molar-refractivity contribution in [3.63, 3.8) is 0 Å². The van der Waals surface area contributed by atoms with E-state index in [-0.39, 0.29) is 0 Å². The number of hydrogen-bond donors (Lipinski definition) is 0. The third-order valence-electron chi connectivity index (χ3n) is 1.68. The van der Waals surface area contributed by atoms with Crippen molar-refractivity contribution >= 4 is 27.5 Å². The molecule has 1 atom stereocenters. The summed E-state index contributed by atoms with van der Waals surface area (Å²) in [7, 11) is 1.62. The molecule has 1 unspecified atom stereocenters. The predicted molar refractivity (Wildman–Crippen MR) is 51.2 cm³/mol. The van der Waals surface area contributed by atoms with Gasteiger partial charge in [0.1, 0.15) is 0 Å². The zero-order valence-corrected chi connectivity index (χ0v) is 8.65. The Morgan fingerprint density at radius 3 is 2.91 bits per heavy atom. The predicted octanol–water partition coefficient (Wildman–Crippen LogP) is 2.85. The quantitative estimate of drug-likeness (QED) is 0.671. The number of allylic oxidation sites excluding steroid dienone is 2. The van der Waals surface area contributed by atoms with Crippen molar-refractivity contribution in [2.45, 2.75) is 11.5 Å². The highest BCUT2D eigenvalue weighted by Crippen LogP contribution is 2.28. The number of rotatable bonds is 2. The molecular formula is C8H10BrClO. The fraction of sp³-hybridized carbons (Fsp3) is 0.500. The van der Waals surface area contributed by atoms with Crippen LogP contribution in [0.15, 0.2) is 23.8 Å². The Balaban J connectivity index is 2.63. The van der Waals surface area contributed by atoms with E-state index in [1.165, 1.54) is 5.57 Å². The Hall–Kier alpha value is 0.210. The van der Waals surface area contributed by atoms with Gasteiger partial charge in [0.25, 0.3) is 0 Å². The van der Waals surface area contributed by atoms with E-state index in [4.69, 9.17) is 16.3 Å². The van der Waals surface area contributed by atoms with E-state index < -0.39 is 5.06 Å². The van der Waals surface area contributed by atoms with Gasteiger partial charge in [-0.05, 0) is 11.6 Å². The first-order valence-corrected chi connectivity index (χ1v) is 4.88. The number of ether oxygens (including phenoxy) is 1. The van der Waals surface area contributed by atoms with E-state index in [1.807, 2.05) is 12.2 Å². The molecule has 1 nitrogen and oxygen atoms in total. The first-order valence-electron chi connectivity index (χ1n) is 3.38. The molecule has 0 aromatic heterocycles. The lowest BCUT2D eigenvalue weighted by Crippen LogP contribution is -2.21. The minimum absolute atomic E-state index is 0.605. The monoisotopic (exact) mass is 236 g/mol. The largest absolute Gasteiger partial charge is 0.359 e. The molecule has 0 fully saturated rings. The van der Waals surface area contributed by atoms with Crippen LogP contribution in [0.1, 0.15) is 6.42 Å². The molecular weight excluding hydrogens is 227 g/mol. The van der Waals surface area contributed by atoms with E-state index in [0.29, 0.717) is 0 Å². The third-order valence-corrected chi connectivity index (χ3v) is 2.76. The molecule has 0 spiro atoms. The Morgan fingerprint density at radius 2 is 2.55 bits per heavy atom. The molecule has 1 aliphatic carbocycles. The van der Waals surface area contributed by atoms with Crippen molar-refractivity contribution in [1.29, 1.82) is 0 Å². The van der Waals surface area contributed by atoms with Crippen LogP contribution in [-0.4, -0.2) is 17.5 Å². The van der Waals surface area contributed by atoms with Crippen LogP contribution in [0.5, 0.6) is 0 Å². The first kappa shape index (κ1) is 9.30. The van der Waals surface area contributed by atoms with Crippen molar-refractivity contribution in [2.24, 2.45) is 0 Å². The number of halogens is 2. The van der Waals surface area contributed by atoms with E-state index in [2.05, 4.69) is 22.0 Å². The summed E-state index contributed by atoms with van der Waals surface area (Å²) in [5, 5.41) is 0.270. The average molecular weight is 238 g/mol. The standard InChI is InChI=1S/C8H10BrClO/c1-11-8(10)4-2-7(6-9)3-5-8/h2-4H,5-6H2,1H3. The van der Waals surface area contributed by atoms with Gasteiger partial charge in [0.15, 0.2) is 5.06 Å². The van der Waals surface area contributed by atoms with Gasteiger partial charge in [0, 0.05) is 18.9 Å². The number of methoxy groups -OCH3 is 1. The van der Waals surface area contributed by atoms with Gasteiger partial charge in [0.05, 0.1) is 0 Å². The molecule has 0 heterocycles. The van der Waals surface area contributed by atoms with Crippen LogP contribution in [0.2, 0.25) is 0 Å². The third kappa shape index (κ3) is 2.32. The molecule has 0 aromatic rings. The Morgan fingerprint density at radius 1 is 1.82 bits per heavy atom. The SMILES string of the molecule is COC1(Cl)C=CC(CBr)=CC1. The summed E-state index contributed by atoms with van der Waals surface area (Å²) < 4.78 is 5.09. The molecule has 0 saturated carbocycles. The van der Waals surface area contributed by atoms with Gasteiger partial charge in [0.2, 0.25) is 0 Å². The lowest BCUT2D eigenvalue weighted by atomic mass is 10.1. The second-order valence-corrected chi connectivity index (χ2v) is 3.64. The van der Waals surface area contributed by atoms with Crippen LogP contribution in [0, 0.1) is 0 Å². The van der Waals surface area contributed by atoms with Crippen molar-refractivity contribution in [3.8, 4) is 0 Å². The van der Waals surface area contributed by atoms with Crippen LogP contribution in [0.3, 0.4) is 0 Å². The molecule has 11 heavy (non-hydrogen) atoms. The molecule has 0 aliphatic heterocycles. The Bertz CT molecular complexity index is 200. The molecule has 0 bridgehead atoms. The van der Waals surface area contributed by atoms with Gasteiger partial charge < -0.3 is 4.74 Å². The summed E-state index contributed by atoms with van der Waals surface area (Å²) in [6, 6.07) is 0. The van der Waals surface area contributed by atoms with Gasteiger partial charge in [-0.2, -0.15) is 0 Å². The Labute approximate surface area is 80.2 Å². The van der Waals surface area contributed by atoms with Crippen molar-refractivity contribution < 1.29 is 4.74 Å². The first-order chi connectivity index (χ1) is 5.20. The minimum Gasteiger partial charge on any atom is -0.359 e. The highest BCUT2D eigenvalue weighted by molar-refractivity contribution is 9.09. The molecule has 1 rings (SSSR count). The maximum atomic E-state index is 6.01. The minimum atomic E-state index is -0.605. The van der Waals surface area contributed by atoms with Crippen LogP contribution in [-0.2, 0) is 4.74 Å². The average Bonchev–Trinajstić information content (AvgIpc) is 2.06. The highest BCUT2D eigenvalue weighted by atomic mass is 79.9. The molecule has 0 aromatic carbocycles. The summed E-state index contributed by atoms with van der Waals surface area (Å²) in [6.07, 6.45) is 6.67. The lowest BCUT2D eigenvalue weighted by molar-refractivity contribution is 0.106. The summed E-state index contributed by atoms with van der Waals surface area (Å²) in [6.45, 7) is 0. The fourth-order valence-electron chi connectivity index (χ4n) is 0.888. The van der Waals surface area contributed by atoms with Crippen LogP contribution >= 0.6 is 27.5 Å². The van der Waals surface area contributed by atoms with E-state index in [9.17, 15) is 0 Å². The molecule has 0 radical (unpaired) electrons. The maximum absolute atomic E-state index is 6.01. The van der Waals surface area contributed by atoms with Crippen LogP contribution in [0.25, 0.3) is 0 Å². The van der Waals surface area contributed by atoms with Crippen LogP contribution < -0.4 is 0 Å². The summed E-state index contributed by atoms with van der Waals surface area (Å²) in [4.78, 5) is 0. The highest BCUT2D eigenvalue weighted by Gasteiger charge is 2.23. The molecule has 0 amide bonds. The second kappa shape index (κ2) is 3.74. The van der Waals surface area contributed by atoms with Gasteiger partial charge in [-0.1, -0.05) is 39.7 Å². The second-order valence-electron chi connectivity index (χ2n) is 2.44. The molecule has 0 saturated heterocycles. The summed E-state index contributed by atoms with van der Waals surface area (Å²) in [5.41, 5.74) is 1.25. The molecule has 3 heteroatoms. The number of hydrogen-bond acceptors (Lipinski definition) is 1. The zero-order valence-electron chi connectivity index (χ0n) is 6.31. The molecule has 0 N–H and O–H groups in total. The molecule has 62 valence electrons. The van der Waals surface area contributed by atoms with Crippen molar-refractivity contribution in [1.82, 2.24) is 0 Å². The van der Waals surface area contributed by atoms with E-state index in [0.717, 1.165) is 11.8 Å². The fourth-order valence-corrected chi connectivity index (χ4v) is 1.44. The normalized spacial score (nSPS) is 30.3.